The van der Waals surface area contributed by atoms with Gasteiger partial charge < -0.3 is 29.7 Å². The number of nitriles is 1. The van der Waals surface area contributed by atoms with Crippen LogP contribution in [0.1, 0.15) is 72.4 Å². The molecule has 4 amide bonds. The summed E-state index contributed by atoms with van der Waals surface area (Å²) >= 11 is 0. The third-order valence-electron chi connectivity index (χ3n) is 14.9. The standard InChI is InChI=1S/C48H52N8O6/c1-47(2)45(48(3,4)46(47)62-38-13-7-28(22-49)41-40(38)37(57)15-16-50-41)52-42(59)27-5-8-30(9-6-27)55-25-34-33(35(34)26-55)24-53-17-19-54(20-18-53)31-10-11-32-29(21-31)23-56(44(32)61)36-12-14-39(58)51-43(36)60/h5-11,13,15-16,21,33-36,45-46H,12,14,17-20,23-26H2,1-4H3,(H,50,57)(H,52,59)(H,51,58,60)/t33?,34-,35+,36-,45?,46?/m0/s1. The number of H-pyrrole nitrogens is 1. The highest BCUT2D eigenvalue weighted by Gasteiger charge is 2.64. The van der Waals surface area contributed by atoms with Crippen molar-refractivity contribution < 1.29 is 23.9 Å². The van der Waals surface area contributed by atoms with Crippen LogP contribution in [-0.4, -0.2) is 102 Å². The number of aromatic nitrogens is 1. The van der Waals surface area contributed by atoms with E-state index in [0.717, 1.165) is 62.8 Å². The molecular weight excluding hydrogens is 785 g/mol. The number of carbonyl (C=O) groups is 4. The Balaban J connectivity index is 0.693. The number of amides is 4. The molecule has 6 aliphatic rings. The van der Waals surface area contributed by atoms with Gasteiger partial charge in [0.2, 0.25) is 11.8 Å². The smallest absolute Gasteiger partial charge is 0.255 e. The molecule has 1 unspecified atom stereocenters. The van der Waals surface area contributed by atoms with E-state index in [9.17, 15) is 29.2 Å². The molecule has 62 heavy (non-hydrogen) atoms. The zero-order chi connectivity index (χ0) is 43.2. The highest BCUT2D eigenvalue weighted by molar-refractivity contribution is 6.05. The van der Waals surface area contributed by atoms with E-state index >= 15 is 0 Å². The van der Waals surface area contributed by atoms with E-state index in [0.29, 0.717) is 64.1 Å². The number of nitrogens with one attached hydrogen (secondary N) is 3. The molecule has 10 rings (SSSR count). The summed E-state index contributed by atoms with van der Waals surface area (Å²) in [6.07, 6.45) is 1.84. The maximum atomic E-state index is 13.7. The first-order valence-electron chi connectivity index (χ1n) is 21.8. The van der Waals surface area contributed by atoms with Crippen LogP contribution in [0.25, 0.3) is 10.9 Å². The van der Waals surface area contributed by atoms with Crippen LogP contribution in [0.2, 0.25) is 0 Å². The summed E-state index contributed by atoms with van der Waals surface area (Å²) in [6.45, 7) is 15.6. The third kappa shape index (κ3) is 6.60. The second-order valence-electron chi connectivity index (χ2n) is 19.3. The normalized spacial score (nSPS) is 27.3. The average molecular weight is 837 g/mol. The number of rotatable bonds is 9. The Kier molecular flexibility index (Phi) is 9.48. The fourth-order valence-electron chi connectivity index (χ4n) is 11.8. The lowest BCUT2D eigenvalue weighted by molar-refractivity contribution is -0.163. The molecule has 2 aliphatic carbocycles. The van der Waals surface area contributed by atoms with E-state index in [-0.39, 0.29) is 47.6 Å². The van der Waals surface area contributed by atoms with Crippen LogP contribution in [0.3, 0.4) is 0 Å². The molecule has 3 N–H and O–H groups in total. The summed E-state index contributed by atoms with van der Waals surface area (Å²) in [4.78, 5) is 75.9. The highest BCUT2D eigenvalue weighted by Crippen LogP contribution is 2.56. The SMILES string of the molecule is CC1(C)C(NC(=O)c2ccc(N3C[C@@H]4C(CN5CCN(c6ccc7c(c6)CN([C@H]6CCC(=O)NC6=O)C7=O)CC5)[C@@H]4C3)cc2)C(C)(C)C1Oc1ccc(C#N)c2[nH]ccc(=O)c12. The maximum absolute atomic E-state index is 13.7. The summed E-state index contributed by atoms with van der Waals surface area (Å²) in [5, 5.41) is 15.6. The minimum atomic E-state index is -0.607. The summed E-state index contributed by atoms with van der Waals surface area (Å²) in [7, 11) is 0. The predicted molar refractivity (Wildman–Crippen MR) is 233 cm³/mol. The van der Waals surface area contributed by atoms with Crippen molar-refractivity contribution in [2.45, 2.75) is 65.3 Å². The zero-order valence-electron chi connectivity index (χ0n) is 35.6. The average Bonchev–Trinajstić information content (AvgIpc) is 3.52. The molecule has 3 aromatic carbocycles. The van der Waals surface area contributed by atoms with Crippen molar-refractivity contribution in [2.24, 2.45) is 28.6 Å². The Morgan fingerprint density at radius 3 is 2.29 bits per heavy atom. The largest absolute Gasteiger partial charge is 0.488 e. The molecule has 3 saturated heterocycles. The van der Waals surface area contributed by atoms with Gasteiger partial charge in [-0.2, -0.15) is 5.26 Å². The first-order chi connectivity index (χ1) is 29.7. The number of nitrogens with zero attached hydrogens (tertiary/aromatic N) is 5. The number of piperidine rings is 2. The number of hydrogen-bond donors (Lipinski definition) is 3. The number of imide groups is 1. The van der Waals surface area contributed by atoms with E-state index < -0.39 is 16.9 Å². The summed E-state index contributed by atoms with van der Waals surface area (Å²) in [5.41, 5.74) is 4.15. The monoisotopic (exact) mass is 836 g/mol. The minimum Gasteiger partial charge on any atom is -0.488 e. The van der Waals surface area contributed by atoms with Gasteiger partial charge in [0.15, 0.2) is 5.43 Å². The Bertz CT molecular complexity index is 2600. The molecule has 0 radical (unpaired) electrons. The van der Waals surface area contributed by atoms with Gasteiger partial charge >= 0.3 is 0 Å². The fraction of sp³-hybridized carbons (Fsp3) is 0.458. The van der Waals surface area contributed by atoms with Crippen molar-refractivity contribution in [2.75, 3.05) is 55.6 Å². The van der Waals surface area contributed by atoms with E-state index in [4.69, 9.17) is 4.74 Å². The van der Waals surface area contributed by atoms with Crippen molar-refractivity contribution in [3.05, 3.63) is 99.3 Å². The van der Waals surface area contributed by atoms with Crippen molar-refractivity contribution in [3.8, 4) is 11.8 Å². The maximum Gasteiger partial charge on any atom is 0.255 e. The number of hydrogen-bond acceptors (Lipinski definition) is 10. The number of pyridine rings is 1. The summed E-state index contributed by atoms with van der Waals surface area (Å²) in [5.74, 6) is 1.54. The molecule has 320 valence electrons. The molecule has 4 atom stereocenters. The van der Waals surface area contributed by atoms with E-state index in [1.54, 1.807) is 17.0 Å². The Morgan fingerprint density at radius 1 is 0.887 bits per heavy atom. The van der Waals surface area contributed by atoms with Crippen molar-refractivity contribution in [3.63, 3.8) is 0 Å². The Morgan fingerprint density at radius 2 is 1.60 bits per heavy atom. The van der Waals surface area contributed by atoms with Gasteiger partial charge in [-0.05, 0) is 84.3 Å². The molecule has 4 aliphatic heterocycles. The molecule has 2 saturated carbocycles. The molecule has 5 fully saturated rings. The number of anilines is 2. The lowest BCUT2D eigenvalue weighted by Gasteiger charge is -2.63. The molecule has 0 spiro atoms. The van der Waals surface area contributed by atoms with Crippen molar-refractivity contribution >= 4 is 45.9 Å². The number of carbonyl (C=O) groups excluding carboxylic acids is 4. The van der Waals surface area contributed by atoms with Crippen LogP contribution < -0.4 is 30.6 Å². The van der Waals surface area contributed by atoms with Gasteiger partial charge in [0.25, 0.3) is 11.8 Å². The van der Waals surface area contributed by atoms with E-state index in [1.807, 2.05) is 24.3 Å². The van der Waals surface area contributed by atoms with E-state index in [2.05, 4.69) is 82.3 Å². The number of fused-ring (bicyclic) bond motifs is 3. The third-order valence-corrected chi connectivity index (χ3v) is 14.9. The van der Waals surface area contributed by atoms with Crippen LogP contribution in [-0.2, 0) is 16.1 Å². The molecule has 14 heteroatoms. The molecule has 0 bridgehead atoms. The number of benzene rings is 3. The molecule has 14 nitrogen and oxygen atoms in total. The second-order valence-corrected chi connectivity index (χ2v) is 19.3. The van der Waals surface area contributed by atoms with Gasteiger partial charge in [0, 0.05) is 110 Å². The number of piperazine rings is 1. The lowest BCUT2D eigenvalue weighted by Crippen LogP contribution is -2.74. The van der Waals surface area contributed by atoms with Crippen LogP contribution in [0.5, 0.6) is 5.75 Å². The van der Waals surface area contributed by atoms with Crippen LogP contribution in [0.4, 0.5) is 11.4 Å². The molecule has 1 aromatic heterocycles. The molecule has 5 heterocycles. The van der Waals surface area contributed by atoms with Gasteiger partial charge in [-0.15, -0.1) is 0 Å². The van der Waals surface area contributed by atoms with Gasteiger partial charge in [-0.3, -0.25) is 34.2 Å². The van der Waals surface area contributed by atoms with Crippen LogP contribution in [0, 0.1) is 39.9 Å². The predicted octanol–water partition coefficient (Wildman–Crippen LogP) is 4.28. The minimum absolute atomic E-state index is 0.131. The van der Waals surface area contributed by atoms with Gasteiger partial charge in [0.05, 0.1) is 16.5 Å². The molecular formula is C48H52N8O6. The lowest BCUT2D eigenvalue weighted by atomic mass is 9.49. The fourth-order valence-corrected chi connectivity index (χ4v) is 11.8. The molecule has 4 aromatic rings. The Hall–Kier alpha value is -6.20. The van der Waals surface area contributed by atoms with Gasteiger partial charge in [-0.1, -0.05) is 27.7 Å². The Labute approximate surface area is 360 Å². The van der Waals surface area contributed by atoms with Crippen LogP contribution >= 0.6 is 0 Å². The van der Waals surface area contributed by atoms with Crippen molar-refractivity contribution in [1.82, 2.24) is 25.4 Å². The highest BCUT2D eigenvalue weighted by atomic mass is 16.5. The first-order valence-corrected chi connectivity index (χ1v) is 21.8. The topological polar surface area (TPSA) is 171 Å². The van der Waals surface area contributed by atoms with Crippen LogP contribution in [0.15, 0.2) is 71.7 Å². The number of ether oxygens (including phenoxy) is 1. The quantitative estimate of drug-likeness (QED) is 0.207. The van der Waals surface area contributed by atoms with Crippen molar-refractivity contribution in [1.29, 1.82) is 5.26 Å². The van der Waals surface area contributed by atoms with Gasteiger partial charge in [-0.25, -0.2) is 0 Å². The van der Waals surface area contributed by atoms with E-state index in [1.165, 1.54) is 12.3 Å². The zero-order valence-corrected chi connectivity index (χ0v) is 35.6. The van der Waals surface area contributed by atoms with Gasteiger partial charge in [0.1, 0.15) is 24.0 Å². The number of aromatic amines is 1. The summed E-state index contributed by atoms with van der Waals surface area (Å²) in [6, 6.07) is 20.1. The first kappa shape index (κ1) is 39.9. The second kappa shape index (κ2) is 14.7. The summed E-state index contributed by atoms with van der Waals surface area (Å²) < 4.78 is 6.57.